The van der Waals surface area contributed by atoms with Gasteiger partial charge in [-0.2, -0.15) is 0 Å². The van der Waals surface area contributed by atoms with E-state index in [1.54, 1.807) is 0 Å². The van der Waals surface area contributed by atoms with Crippen molar-refractivity contribution >= 4 is 22.6 Å². The molecule has 1 aromatic heterocycles. The first-order chi connectivity index (χ1) is 13.7. The molecule has 0 radical (unpaired) electrons. The summed E-state index contributed by atoms with van der Waals surface area (Å²) in [5.74, 6) is 0.839. The summed E-state index contributed by atoms with van der Waals surface area (Å²) >= 11 is 0. The van der Waals surface area contributed by atoms with Crippen molar-refractivity contribution in [2.45, 2.75) is 26.3 Å². The van der Waals surface area contributed by atoms with E-state index in [1.165, 1.54) is 11.1 Å². The number of benzene rings is 3. The van der Waals surface area contributed by atoms with Gasteiger partial charge in [0.1, 0.15) is 12.4 Å². The molecule has 0 aliphatic heterocycles. The Labute approximate surface area is 164 Å². The Balaban J connectivity index is 1.59. The minimum Gasteiger partial charge on any atom is -0.325 e. The highest BCUT2D eigenvalue weighted by Crippen LogP contribution is 2.19. The number of rotatable bonds is 6. The molecule has 0 aliphatic carbocycles. The van der Waals surface area contributed by atoms with E-state index in [2.05, 4.69) is 24.4 Å². The van der Waals surface area contributed by atoms with Crippen LogP contribution in [-0.2, 0) is 24.2 Å². The lowest BCUT2D eigenvalue weighted by molar-refractivity contribution is -0.116. The Bertz CT molecular complexity index is 1080. The number of amides is 1. The highest BCUT2D eigenvalue weighted by molar-refractivity contribution is 5.91. The first kappa shape index (κ1) is 18.0. The summed E-state index contributed by atoms with van der Waals surface area (Å²) in [6.07, 6.45) is 1.67. The average Bonchev–Trinajstić information content (AvgIpc) is 3.06. The third-order valence-electron chi connectivity index (χ3n) is 4.89. The van der Waals surface area contributed by atoms with E-state index >= 15 is 0 Å². The lowest BCUT2D eigenvalue weighted by Gasteiger charge is -2.11. The zero-order valence-corrected chi connectivity index (χ0v) is 15.9. The van der Waals surface area contributed by atoms with E-state index in [4.69, 9.17) is 4.98 Å². The zero-order valence-electron chi connectivity index (χ0n) is 15.9. The van der Waals surface area contributed by atoms with Crippen LogP contribution >= 0.6 is 0 Å². The van der Waals surface area contributed by atoms with Crippen molar-refractivity contribution in [1.82, 2.24) is 9.55 Å². The van der Waals surface area contributed by atoms with Crippen LogP contribution in [0, 0.1) is 0 Å². The minimum absolute atomic E-state index is 0.0540. The second-order valence-electron chi connectivity index (χ2n) is 6.86. The fraction of sp³-hybridized carbons (Fsp3) is 0.167. The number of aromatic nitrogens is 2. The van der Waals surface area contributed by atoms with Crippen molar-refractivity contribution in [2.75, 3.05) is 5.32 Å². The average molecular weight is 369 g/mol. The zero-order chi connectivity index (χ0) is 19.3. The van der Waals surface area contributed by atoms with Crippen LogP contribution in [0.5, 0.6) is 0 Å². The Morgan fingerprint density at radius 1 is 0.893 bits per heavy atom. The number of hydrogen-bond acceptors (Lipinski definition) is 2. The standard InChI is InChI=1S/C24H23N3O/c1-2-18-12-14-20(15-13-18)25-24(28)17-27-22-11-7-6-10-21(22)26-23(27)16-19-8-4-3-5-9-19/h3-15H,2,16-17H2,1H3,(H,25,28). The number of fused-ring (bicyclic) bond motifs is 1. The molecule has 3 aromatic carbocycles. The summed E-state index contributed by atoms with van der Waals surface area (Å²) in [6, 6.07) is 26.2. The van der Waals surface area contributed by atoms with E-state index in [-0.39, 0.29) is 12.5 Å². The molecule has 0 bridgehead atoms. The van der Waals surface area contributed by atoms with E-state index in [9.17, 15) is 4.79 Å². The van der Waals surface area contributed by atoms with Crippen LogP contribution in [0.2, 0.25) is 0 Å². The van der Waals surface area contributed by atoms with Gasteiger partial charge in [0.2, 0.25) is 5.91 Å². The van der Waals surface area contributed by atoms with E-state index < -0.39 is 0 Å². The van der Waals surface area contributed by atoms with Crippen LogP contribution in [0.3, 0.4) is 0 Å². The minimum atomic E-state index is -0.0540. The molecule has 1 amide bonds. The SMILES string of the molecule is CCc1ccc(NC(=O)Cn2c(Cc3ccccc3)nc3ccccc32)cc1. The quantitative estimate of drug-likeness (QED) is 0.529. The Hall–Kier alpha value is -3.40. The fourth-order valence-electron chi connectivity index (χ4n) is 3.38. The summed E-state index contributed by atoms with van der Waals surface area (Å²) in [6.45, 7) is 2.35. The second kappa shape index (κ2) is 8.09. The Morgan fingerprint density at radius 2 is 1.61 bits per heavy atom. The molecule has 4 heteroatoms. The van der Waals surface area contributed by atoms with Crippen molar-refractivity contribution in [3.63, 3.8) is 0 Å². The van der Waals surface area contributed by atoms with Gasteiger partial charge in [-0.25, -0.2) is 4.98 Å². The van der Waals surface area contributed by atoms with Crippen molar-refractivity contribution in [3.05, 3.63) is 95.8 Å². The molecule has 0 fully saturated rings. The number of carbonyl (C=O) groups is 1. The number of carbonyl (C=O) groups excluding carboxylic acids is 1. The predicted molar refractivity (Wildman–Crippen MR) is 113 cm³/mol. The topological polar surface area (TPSA) is 46.9 Å². The third kappa shape index (κ3) is 3.96. The van der Waals surface area contributed by atoms with E-state index in [0.717, 1.165) is 29.0 Å². The van der Waals surface area contributed by atoms with Gasteiger partial charge in [0, 0.05) is 12.1 Å². The number of imidazole rings is 1. The molecule has 0 spiro atoms. The number of aryl methyl sites for hydroxylation is 1. The molecule has 140 valence electrons. The molecule has 4 rings (SSSR count). The maximum Gasteiger partial charge on any atom is 0.244 e. The monoisotopic (exact) mass is 369 g/mol. The van der Waals surface area contributed by atoms with Crippen molar-refractivity contribution in [1.29, 1.82) is 0 Å². The number of nitrogens with one attached hydrogen (secondary N) is 1. The maximum atomic E-state index is 12.7. The van der Waals surface area contributed by atoms with Crippen LogP contribution in [0.15, 0.2) is 78.9 Å². The number of nitrogens with zero attached hydrogens (tertiary/aromatic N) is 2. The maximum absolute atomic E-state index is 12.7. The van der Waals surface area contributed by atoms with Gasteiger partial charge in [0.05, 0.1) is 11.0 Å². The van der Waals surface area contributed by atoms with Crippen LogP contribution in [0.4, 0.5) is 5.69 Å². The summed E-state index contributed by atoms with van der Waals surface area (Å²) in [4.78, 5) is 17.5. The van der Waals surface area contributed by atoms with Gasteiger partial charge >= 0.3 is 0 Å². The van der Waals surface area contributed by atoms with E-state index in [0.29, 0.717) is 6.42 Å². The van der Waals surface area contributed by atoms with Crippen LogP contribution in [-0.4, -0.2) is 15.5 Å². The Kier molecular flexibility index (Phi) is 5.20. The van der Waals surface area contributed by atoms with E-state index in [1.807, 2.05) is 71.3 Å². The molecule has 0 saturated carbocycles. The normalized spacial score (nSPS) is 10.9. The molecule has 28 heavy (non-hydrogen) atoms. The van der Waals surface area contributed by atoms with Gasteiger partial charge in [-0.05, 0) is 41.8 Å². The Morgan fingerprint density at radius 3 is 2.36 bits per heavy atom. The molecule has 1 N–H and O–H groups in total. The molecule has 0 saturated heterocycles. The molecule has 1 heterocycles. The van der Waals surface area contributed by atoms with Gasteiger partial charge in [-0.1, -0.05) is 61.5 Å². The van der Waals surface area contributed by atoms with Crippen LogP contribution in [0.25, 0.3) is 11.0 Å². The smallest absolute Gasteiger partial charge is 0.244 e. The molecule has 4 aromatic rings. The highest BCUT2D eigenvalue weighted by atomic mass is 16.1. The first-order valence-corrected chi connectivity index (χ1v) is 9.60. The second-order valence-corrected chi connectivity index (χ2v) is 6.86. The number of hydrogen-bond donors (Lipinski definition) is 1. The molecule has 0 aliphatic rings. The number of para-hydroxylation sites is 2. The lowest BCUT2D eigenvalue weighted by Crippen LogP contribution is -2.20. The van der Waals surface area contributed by atoms with Crippen molar-refractivity contribution in [2.24, 2.45) is 0 Å². The van der Waals surface area contributed by atoms with Gasteiger partial charge in [-0.15, -0.1) is 0 Å². The van der Waals surface area contributed by atoms with Crippen molar-refractivity contribution < 1.29 is 4.79 Å². The summed E-state index contributed by atoms with van der Waals surface area (Å²) in [5, 5.41) is 3.00. The highest BCUT2D eigenvalue weighted by Gasteiger charge is 2.14. The molecule has 0 unspecified atom stereocenters. The van der Waals surface area contributed by atoms with Crippen LogP contribution in [0.1, 0.15) is 23.9 Å². The molecule has 0 atom stereocenters. The molecular formula is C24H23N3O. The van der Waals surface area contributed by atoms with Gasteiger partial charge in [0.15, 0.2) is 0 Å². The third-order valence-corrected chi connectivity index (χ3v) is 4.89. The van der Waals surface area contributed by atoms with Crippen LogP contribution < -0.4 is 5.32 Å². The van der Waals surface area contributed by atoms with Crippen molar-refractivity contribution in [3.8, 4) is 0 Å². The lowest BCUT2D eigenvalue weighted by atomic mass is 10.1. The first-order valence-electron chi connectivity index (χ1n) is 9.60. The summed E-state index contributed by atoms with van der Waals surface area (Å²) in [5.41, 5.74) is 5.13. The van der Waals surface area contributed by atoms with Gasteiger partial charge in [0.25, 0.3) is 0 Å². The summed E-state index contributed by atoms with van der Waals surface area (Å²) < 4.78 is 2.01. The largest absolute Gasteiger partial charge is 0.325 e. The fourth-order valence-corrected chi connectivity index (χ4v) is 3.38. The predicted octanol–water partition coefficient (Wildman–Crippen LogP) is 4.83. The summed E-state index contributed by atoms with van der Waals surface area (Å²) in [7, 11) is 0. The van der Waals surface area contributed by atoms with Gasteiger partial charge in [-0.3, -0.25) is 4.79 Å². The van der Waals surface area contributed by atoms with Gasteiger partial charge < -0.3 is 9.88 Å². The number of anilines is 1. The molecule has 4 nitrogen and oxygen atoms in total. The molecular weight excluding hydrogens is 346 g/mol.